The molecule has 1 aliphatic heterocycles. The lowest BCUT2D eigenvalue weighted by Gasteiger charge is -2.36. The largest absolute Gasteiger partial charge is 0.380 e. The molecule has 1 aliphatic rings. The van der Waals surface area contributed by atoms with Crippen LogP contribution in [0, 0.1) is 0 Å². The van der Waals surface area contributed by atoms with Gasteiger partial charge in [-0.15, -0.1) is 0 Å². The molecule has 5 heteroatoms. The fourth-order valence-corrected chi connectivity index (χ4v) is 1.66. The first-order valence-electron chi connectivity index (χ1n) is 3.74. The highest BCUT2D eigenvalue weighted by molar-refractivity contribution is 6.32. The zero-order chi connectivity index (χ0) is 9.47. The molecule has 70 valence electrons. The second kappa shape index (κ2) is 3.10. The second-order valence-electron chi connectivity index (χ2n) is 3.03. The van der Waals surface area contributed by atoms with E-state index in [-0.39, 0.29) is 23.5 Å². The van der Waals surface area contributed by atoms with Crippen molar-refractivity contribution in [3.8, 4) is 0 Å². The quantitative estimate of drug-likeness (QED) is 0.731. The van der Waals surface area contributed by atoms with Gasteiger partial charge in [-0.25, -0.2) is 4.98 Å². The van der Waals surface area contributed by atoms with Crippen molar-refractivity contribution in [1.82, 2.24) is 4.98 Å². The number of hydrogen-bond donors (Lipinski definition) is 1. The van der Waals surface area contributed by atoms with E-state index in [0.29, 0.717) is 5.56 Å². The van der Waals surface area contributed by atoms with E-state index in [2.05, 4.69) is 4.98 Å². The lowest BCUT2D eigenvalue weighted by Crippen LogP contribution is -2.46. The van der Waals surface area contributed by atoms with Gasteiger partial charge in [0.2, 0.25) is 0 Å². The monoisotopic (exact) mass is 219 g/mol. The summed E-state index contributed by atoms with van der Waals surface area (Å²) in [5.74, 6) is 0. The van der Waals surface area contributed by atoms with E-state index in [1.165, 1.54) is 0 Å². The number of aromatic nitrogens is 1. The molecule has 1 aromatic rings. The van der Waals surface area contributed by atoms with E-state index in [4.69, 9.17) is 27.9 Å². The Morgan fingerprint density at radius 1 is 1.31 bits per heavy atom. The number of rotatable bonds is 1. The molecule has 0 aromatic carbocycles. The summed E-state index contributed by atoms with van der Waals surface area (Å²) < 4.78 is 4.92. The van der Waals surface area contributed by atoms with E-state index in [1.54, 1.807) is 12.1 Å². The van der Waals surface area contributed by atoms with Crippen LogP contribution in [0.1, 0.15) is 5.56 Å². The molecule has 0 saturated carbocycles. The van der Waals surface area contributed by atoms with Crippen LogP contribution in [-0.4, -0.2) is 23.3 Å². The number of nitrogens with zero attached hydrogens (tertiary/aromatic N) is 1. The Morgan fingerprint density at radius 3 is 2.23 bits per heavy atom. The van der Waals surface area contributed by atoms with Crippen LogP contribution in [0.3, 0.4) is 0 Å². The summed E-state index contributed by atoms with van der Waals surface area (Å²) in [7, 11) is 0. The normalized spacial score (nSPS) is 19.6. The fourth-order valence-electron chi connectivity index (χ4n) is 1.20. The molecular formula is C8H7Cl2NO2. The Labute approximate surface area is 85.3 Å². The summed E-state index contributed by atoms with van der Waals surface area (Å²) >= 11 is 11.4. The lowest BCUT2D eigenvalue weighted by atomic mass is 9.93. The maximum atomic E-state index is 9.86. The van der Waals surface area contributed by atoms with Crippen molar-refractivity contribution in [1.29, 1.82) is 0 Å². The van der Waals surface area contributed by atoms with Gasteiger partial charge in [0.15, 0.2) is 0 Å². The maximum Gasteiger partial charge on any atom is 0.136 e. The predicted molar refractivity (Wildman–Crippen MR) is 49.0 cm³/mol. The zero-order valence-electron chi connectivity index (χ0n) is 6.63. The SMILES string of the molecule is OC1(c2cc(Cl)nc(Cl)c2)COC1. The molecule has 1 saturated heterocycles. The summed E-state index contributed by atoms with van der Waals surface area (Å²) in [6.45, 7) is 0.563. The summed E-state index contributed by atoms with van der Waals surface area (Å²) in [5, 5.41) is 10.4. The van der Waals surface area contributed by atoms with E-state index >= 15 is 0 Å². The summed E-state index contributed by atoms with van der Waals surface area (Å²) in [4.78, 5) is 3.79. The van der Waals surface area contributed by atoms with E-state index in [9.17, 15) is 5.11 Å². The molecule has 0 aliphatic carbocycles. The van der Waals surface area contributed by atoms with Crippen LogP contribution in [0.2, 0.25) is 10.3 Å². The number of hydrogen-bond acceptors (Lipinski definition) is 3. The van der Waals surface area contributed by atoms with Gasteiger partial charge in [-0.3, -0.25) is 0 Å². The van der Waals surface area contributed by atoms with Crippen LogP contribution in [0.4, 0.5) is 0 Å². The van der Waals surface area contributed by atoms with Crippen molar-refractivity contribution < 1.29 is 9.84 Å². The Bertz CT molecular complexity index is 319. The second-order valence-corrected chi connectivity index (χ2v) is 3.80. The molecule has 1 N–H and O–H groups in total. The van der Waals surface area contributed by atoms with E-state index < -0.39 is 5.60 Å². The van der Waals surface area contributed by atoms with Gasteiger partial charge in [0.05, 0.1) is 13.2 Å². The van der Waals surface area contributed by atoms with Gasteiger partial charge in [-0.1, -0.05) is 23.2 Å². The Balaban J connectivity index is 2.39. The number of aliphatic hydroxyl groups is 1. The van der Waals surface area contributed by atoms with Crippen LogP contribution >= 0.6 is 23.2 Å². The minimum atomic E-state index is -0.934. The smallest absolute Gasteiger partial charge is 0.136 e. The summed E-state index contributed by atoms with van der Waals surface area (Å²) in [5.41, 5.74) is -0.278. The van der Waals surface area contributed by atoms with Gasteiger partial charge in [0, 0.05) is 0 Å². The van der Waals surface area contributed by atoms with Crippen LogP contribution in [-0.2, 0) is 10.3 Å². The molecule has 3 nitrogen and oxygen atoms in total. The van der Waals surface area contributed by atoms with Crippen molar-refractivity contribution >= 4 is 23.2 Å². The van der Waals surface area contributed by atoms with Crippen LogP contribution < -0.4 is 0 Å². The van der Waals surface area contributed by atoms with Gasteiger partial charge in [0.25, 0.3) is 0 Å². The first-order chi connectivity index (χ1) is 6.10. The highest BCUT2D eigenvalue weighted by atomic mass is 35.5. The minimum absolute atomic E-state index is 0.280. The standard InChI is InChI=1S/C8H7Cl2NO2/c9-6-1-5(2-7(10)11-6)8(12)3-13-4-8/h1-2,12H,3-4H2. The third-order valence-corrected chi connectivity index (χ3v) is 2.37. The number of ether oxygens (including phenoxy) is 1. The highest BCUT2D eigenvalue weighted by Gasteiger charge is 2.38. The molecule has 0 radical (unpaired) electrons. The molecule has 0 atom stereocenters. The summed E-state index contributed by atoms with van der Waals surface area (Å²) in [6, 6.07) is 3.19. The minimum Gasteiger partial charge on any atom is -0.380 e. The average Bonchev–Trinajstić information content (AvgIpc) is 1.98. The Kier molecular flexibility index (Phi) is 2.20. The van der Waals surface area contributed by atoms with Gasteiger partial charge in [0.1, 0.15) is 15.9 Å². The molecule has 1 aromatic heterocycles. The zero-order valence-corrected chi connectivity index (χ0v) is 8.14. The molecule has 0 unspecified atom stereocenters. The average molecular weight is 220 g/mol. The van der Waals surface area contributed by atoms with Crippen molar-refractivity contribution in [2.24, 2.45) is 0 Å². The first-order valence-corrected chi connectivity index (χ1v) is 4.49. The molecule has 2 rings (SSSR count). The van der Waals surface area contributed by atoms with Crippen molar-refractivity contribution in [3.05, 3.63) is 28.0 Å². The molecule has 1 fully saturated rings. The fraction of sp³-hybridized carbons (Fsp3) is 0.375. The van der Waals surface area contributed by atoms with Crippen LogP contribution in [0.15, 0.2) is 12.1 Å². The highest BCUT2D eigenvalue weighted by Crippen LogP contribution is 2.31. The molecule has 0 spiro atoms. The molecule has 13 heavy (non-hydrogen) atoms. The molecule has 0 bridgehead atoms. The first kappa shape index (κ1) is 9.21. The number of halogens is 2. The van der Waals surface area contributed by atoms with Crippen LogP contribution in [0.25, 0.3) is 0 Å². The Morgan fingerprint density at radius 2 is 1.85 bits per heavy atom. The van der Waals surface area contributed by atoms with Gasteiger partial charge in [-0.2, -0.15) is 0 Å². The third-order valence-electron chi connectivity index (χ3n) is 1.98. The van der Waals surface area contributed by atoms with Gasteiger partial charge < -0.3 is 9.84 Å². The molecule has 0 amide bonds. The van der Waals surface area contributed by atoms with Crippen molar-refractivity contribution in [3.63, 3.8) is 0 Å². The predicted octanol–water partition coefficient (Wildman–Crippen LogP) is 1.61. The topological polar surface area (TPSA) is 42.4 Å². The van der Waals surface area contributed by atoms with Crippen LogP contribution in [0.5, 0.6) is 0 Å². The molecular weight excluding hydrogens is 213 g/mol. The molecule has 2 heterocycles. The third kappa shape index (κ3) is 1.65. The lowest BCUT2D eigenvalue weighted by molar-refractivity contribution is -0.184. The van der Waals surface area contributed by atoms with Crippen molar-refractivity contribution in [2.75, 3.05) is 13.2 Å². The van der Waals surface area contributed by atoms with Crippen molar-refractivity contribution in [2.45, 2.75) is 5.60 Å². The summed E-state index contributed by atoms with van der Waals surface area (Å²) in [6.07, 6.45) is 0. The van der Waals surface area contributed by atoms with E-state index in [0.717, 1.165) is 0 Å². The van der Waals surface area contributed by atoms with Gasteiger partial charge in [-0.05, 0) is 17.7 Å². The Hall–Kier alpha value is -0.350. The maximum absolute atomic E-state index is 9.86. The van der Waals surface area contributed by atoms with E-state index in [1.807, 2.05) is 0 Å². The number of pyridine rings is 1. The van der Waals surface area contributed by atoms with Gasteiger partial charge >= 0.3 is 0 Å².